The Morgan fingerprint density at radius 3 is 2.00 bits per heavy atom. The SMILES string of the molecule is CC(C)C1CCC(C(C)C)P1C1=CC=CC1. The lowest BCUT2D eigenvalue weighted by molar-refractivity contribution is 0.543. The standard InChI is InChI=1S/C15H25P/c1-11(2)14-9-10-15(12(3)4)16(14)13-7-5-6-8-13/h5-7,11-12,14-15H,8-10H2,1-4H3. The Balaban J connectivity index is 2.18. The summed E-state index contributed by atoms with van der Waals surface area (Å²) >= 11 is 0. The topological polar surface area (TPSA) is 0 Å². The monoisotopic (exact) mass is 236 g/mol. The fourth-order valence-electron chi connectivity index (χ4n) is 3.23. The van der Waals surface area contributed by atoms with Crippen molar-refractivity contribution in [1.29, 1.82) is 0 Å². The molecular formula is C15H25P. The molecule has 0 aromatic carbocycles. The van der Waals surface area contributed by atoms with E-state index in [2.05, 4.69) is 45.9 Å². The van der Waals surface area contributed by atoms with Gasteiger partial charge in [-0.15, -0.1) is 0 Å². The van der Waals surface area contributed by atoms with Crippen LogP contribution in [0, 0.1) is 11.8 Å². The lowest BCUT2D eigenvalue weighted by Gasteiger charge is -2.31. The van der Waals surface area contributed by atoms with E-state index in [1.807, 2.05) is 0 Å². The zero-order chi connectivity index (χ0) is 11.7. The van der Waals surface area contributed by atoms with Gasteiger partial charge < -0.3 is 0 Å². The van der Waals surface area contributed by atoms with Gasteiger partial charge in [0.2, 0.25) is 0 Å². The fourth-order valence-corrected chi connectivity index (χ4v) is 7.29. The largest absolute Gasteiger partial charge is 0.0801 e. The third kappa shape index (κ3) is 2.28. The molecule has 0 aromatic heterocycles. The summed E-state index contributed by atoms with van der Waals surface area (Å²) in [7, 11) is 0.147. The summed E-state index contributed by atoms with van der Waals surface area (Å²) in [6, 6.07) is 0. The van der Waals surface area contributed by atoms with Gasteiger partial charge in [-0.2, -0.15) is 0 Å². The van der Waals surface area contributed by atoms with Crippen molar-refractivity contribution < 1.29 is 0 Å². The Morgan fingerprint density at radius 1 is 1.06 bits per heavy atom. The molecule has 1 aliphatic heterocycles. The Labute approximate surface area is 102 Å². The fraction of sp³-hybridized carbons (Fsp3) is 0.733. The first kappa shape index (κ1) is 12.4. The molecule has 0 amide bonds. The summed E-state index contributed by atoms with van der Waals surface area (Å²) in [5, 5.41) is 1.78. The number of hydrogen-bond donors (Lipinski definition) is 0. The highest BCUT2D eigenvalue weighted by atomic mass is 31.1. The first-order valence-electron chi connectivity index (χ1n) is 6.75. The van der Waals surface area contributed by atoms with Crippen LogP contribution in [0.5, 0.6) is 0 Å². The van der Waals surface area contributed by atoms with Gasteiger partial charge in [-0.3, -0.25) is 0 Å². The second-order valence-electron chi connectivity index (χ2n) is 5.90. The van der Waals surface area contributed by atoms with Gasteiger partial charge in [0, 0.05) is 0 Å². The molecule has 0 aromatic rings. The van der Waals surface area contributed by atoms with Gasteiger partial charge in [-0.1, -0.05) is 53.8 Å². The molecule has 0 nitrogen and oxygen atoms in total. The Kier molecular flexibility index (Phi) is 3.90. The molecule has 1 aliphatic carbocycles. The van der Waals surface area contributed by atoms with Crippen LogP contribution in [0.3, 0.4) is 0 Å². The highest BCUT2D eigenvalue weighted by Crippen LogP contribution is 2.66. The van der Waals surface area contributed by atoms with Gasteiger partial charge >= 0.3 is 0 Å². The van der Waals surface area contributed by atoms with Gasteiger partial charge in [0.1, 0.15) is 0 Å². The van der Waals surface area contributed by atoms with E-state index in [-0.39, 0.29) is 7.92 Å². The Hall–Kier alpha value is -0.0900. The summed E-state index contributed by atoms with van der Waals surface area (Å²) in [6.45, 7) is 9.69. The van der Waals surface area contributed by atoms with E-state index in [4.69, 9.17) is 0 Å². The van der Waals surface area contributed by atoms with E-state index < -0.39 is 0 Å². The third-order valence-corrected chi connectivity index (χ3v) is 8.23. The number of rotatable bonds is 3. The quantitative estimate of drug-likeness (QED) is 0.594. The van der Waals surface area contributed by atoms with Crippen molar-refractivity contribution in [2.45, 2.75) is 58.3 Å². The maximum Gasteiger partial charge on any atom is -0.00897 e. The summed E-state index contributed by atoms with van der Waals surface area (Å²) in [4.78, 5) is 0. The van der Waals surface area contributed by atoms with Crippen LogP contribution in [0.1, 0.15) is 47.0 Å². The molecule has 16 heavy (non-hydrogen) atoms. The van der Waals surface area contributed by atoms with Crippen molar-refractivity contribution in [1.82, 2.24) is 0 Å². The van der Waals surface area contributed by atoms with Crippen molar-refractivity contribution in [3.8, 4) is 0 Å². The predicted molar refractivity (Wildman–Crippen MR) is 75.2 cm³/mol. The lowest BCUT2D eigenvalue weighted by Crippen LogP contribution is -2.14. The molecule has 2 aliphatic rings. The van der Waals surface area contributed by atoms with E-state index in [0.717, 1.165) is 23.2 Å². The lowest BCUT2D eigenvalue weighted by atomic mass is 10.0. The van der Waals surface area contributed by atoms with Crippen molar-refractivity contribution in [2.75, 3.05) is 0 Å². The number of allylic oxidation sites excluding steroid dienone is 4. The summed E-state index contributed by atoms with van der Waals surface area (Å²) in [6.07, 6.45) is 11.2. The molecule has 2 atom stereocenters. The Morgan fingerprint density at radius 2 is 1.62 bits per heavy atom. The van der Waals surface area contributed by atoms with Crippen molar-refractivity contribution in [2.24, 2.45) is 11.8 Å². The summed E-state index contributed by atoms with van der Waals surface area (Å²) in [5.41, 5.74) is 1.99. The zero-order valence-corrected chi connectivity index (χ0v) is 12.0. The second kappa shape index (κ2) is 5.05. The third-order valence-electron chi connectivity index (χ3n) is 4.10. The summed E-state index contributed by atoms with van der Waals surface area (Å²) < 4.78 is 0. The molecule has 2 unspecified atom stereocenters. The van der Waals surface area contributed by atoms with Crippen molar-refractivity contribution in [3.05, 3.63) is 23.5 Å². The first-order chi connectivity index (χ1) is 7.61. The summed E-state index contributed by atoms with van der Waals surface area (Å²) in [5.74, 6) is 1.74. The van der Waals surface area contributed by atoms with Crippen LogP contribution in [-0.2, 0) is 0 Å². The predicted octanol–water partition coefficient (Wildman–Crippen LogP) is 5.16. The van der Waals surface area contributed by atoms with E-state index in [0.29, 0.717) is 0 Å². The van der Waals surface area contributed by atoms with Crippen LogP contribution in [0.25, 0.3) is 0 Å². The molecule has 0 bridgehead atoms. The van der Waals surface area contributed by atoms with Gasteiger partial charge in [-0.25, -0.2) is 0 Å². The first-order valence-corrected chi connectivity index (χ1v) is 8.23. The highest BCUT2D eigenvalue weighted by molar-refractivity contribution is 7.63. The van der Waals surface area contributed by atoms with Gasteiger partial charge in [-0.05, 0) is 47.7 Å². The van der Waals surface area contributed by atoms with Gasteiger partial charge in [0.15, 0.2) is 0 Å². The average molecular weight is 236 g/mol. The molecule has 0 spiro atoms. The zero-order valence-electron chi connectivity index (χ0n) is 11.1. The smallest absolute Gasteiger partial charge is 0.00897 e. The van der Waals surface area contributed by atoms with Crippen LogP contribution in [0.15, 0.2) is 23.5 Å². The van der Waals surface area contributed by atoms with Gasteiger partial charge in [0.05, 0.1) is 0 Å². The molecule has 1 heterocycles. The van der Waals surface area contributed by atoms with E-state index in [9.17, 15) is 0 Å². The average Bonchev–Trinajstić information content (AvgIpc) is 2.85. The maximum absolute atomic E-state index is 2.42. The highest BCUT2D eigenvalue weighted by Gasteiger charge is 2.40. The van der Waals surface area contributed by atoms with Crippen LogP contribution in [-0.4, -0.2) is 11.3 Å². The molecule has 2 rings (SSSR count). The molecule has 90 valence electrons. The van der Waals surface area contributed by atoms with Crippen LogP contribution in [0.2, 0.25) is 0 Å². The molecule has 0 saturated carbocycles. The molecule has 0 N–H and O–H groups in total. The van der Waals surface area contributed by atoms with Crippen LogP contribution in [0.4, 0.5) is 0 Å². The van der Waals surface area contributed by atoms with Crippen molar-refractivity contribution in [3.63, 3.8) is 0 Å². The van der Waals surface area contributed by atoms with E-state index >= 15 is 0 Å². The Bertz CT molecular complexity index is 283. The van der Waals surface area contributed by atoms with Gasteiger partial charge in [0.25, 0.3) is 0 Å². The molecule has 1 heteroatoms. The van der Waals surface area contributed by atoms with Crippen LogP contribution >= 0.6 is 7.92 Å². The second-order valence-corrected chi connectivity index (χ2v) is 8.61. The minimum absolute atomic E-state index is 0.147. The van der Waals surface area contributed by atoms with Crippen molar-refractivity contribution >= 4 is 7.92 Å². The number of hydrogen-bond acceptors (Lipinski definition) is 0. The minimum Gasteiger partial charge on any atom is -0.0801 e. The molecule has 1 saturated heterocycles. The molecular weight excluding hydrogens is 211 g/mol. The molecule has 1 fully saturated rings. The normalized spacial score (nSPS) is 34.1. The van der Waals surface area contributed by atoms with E-state index in [1.165, 1.54) is 19.3 Å². The van der Waals surface area contributed by atoms with E-state index in [1.54, 1.807) is 5.31 Å². The van der Waals surface area contributed by atoms with Crippen LogP contribution < -0.4 is 0 Å². The molecule has 0 radical (unpaired) electrons. The minimum atomic E-state index is 0.147. The maximum atomic E-state index is 2.42.